The van der Waals surface area contributed by atoms with E-state index in [0.717, 1.165) is 55.7 Å². The molecule has 4 heteroatoms. The quantitative estimate of drug-likeness (QED) is 0.166. The molecule has 12 rings (SSSR count). The summed E-state index contributed by atoms with van der Waals surface area (Å²) in [7, 11) is 0. The Morgan fingerprint density at radius 3 is 1.03 bits per heavy atom. The monoisotopic (exact) mass is 786 g/mol. The van der Waals surface area contributed by atoms with E-state index in [1.165, 1.54) is 68.8 Å². The topological polar surface area (TPSA) is 6.48 Å². The van der Waals surface area contributed by atoms with Gasteiger partial charge in [-0.3, -0.25) is 0 Å². The van der Waals surface area contributed by atoms with Crippen molar-refractivity contribution in [1.29, 1.82) is 0 Å². The van der Waals surface area contributed by atoms with Crippen LogP contribution < -0.4 is 9.80 Å². The third kappa shape index (κ3) is 5.12. The highest BCUT2D eigenvalue weighted by atomic mass is 19.1. The summed E-state index contributed by atoms with van der Waals surface area (Å²) in [6.07, 6.45) is 0. The molecule has 61 heavy (non-hydrogen) atoms. The van der Waals surface area contributed by atoms with Gasteiger partial charge in [-0.15, -0.1) is 0 Å². The van der Waals surface area contributed by atoms with Crippen molar-refractivity contribution in [3.8, 4) is 22.3 Å². The van der Waals surface area contributed by atoms with Crippen LogP contribution in [0.2, 0.25) is 0 Å². The summed E-state index contributed by atoms with van der Waals surface area (Å²) < 4.78 is 29.3. The molecule has 0 amide bonds. The Bertz CT molecular complexity index is 3100. The number of hydrogen-bond donors (Lipinski definition) is 0. The average Bonchev–Trinajstić information content (AvgIpc) is 3.79. The molecule has 10 aromatic carbocycles. The maximum atomic E-state index is 14.6. The number of fused-ring (bicyclic) bond motifs is 14. The third-order valence-corrected chi connectivity index (χ3v) is 12.7. The molecular weight excluding hydrogens is 751 g/mol. The molecule has 2 aliphatic carbocycles. The molecule has 0 aromatic heterocycles. The largest absolute Gasteiger partial charge is 0.310 e. The molecule has 0 bridgehead atoms. The molecule has 0 fully saturated rings. The van der Waals surface area contributed by atoms with E-state index in [1.54, 1.807) is 0 Å². The average molecular weight is 787 g/mol. The molecule has 0 radical (unpaired) electrons. The van der Waals surface area contributed by atoms with E-state index in [4.69, 9.17) is 0 Å². The Hall–Kier alpha value is -7.82. The van der Waals surface area contributed by atoms with E-state index in [-0.39, 0.29) is 11.6 Å². The minimum Gasteiger partial charge on any atom is -0.310 e. The molecule has 0 saturated carbocycles. The number of halogens is 2. The first kappa shape index (κ1) is 35.2. The molecule has 288 valence electrons. The molecule has 0 heterocycles. The molecule has 0 aliphatic heterocycles. The van der Waals surface area contributed by atoms with Crippen LogP contribution in [-0.4, -0.2) is 0 Å². The summed E-state index contributed by atoms with van der Waals surface area (Å²) in [6.45, 7) is 0. The molecule has 0 unspecified atom stereocenters. The number of anilines is 6. The van der Waals surface area contributed by atoms with Crippen molar-refractivity contribution in [2.75, 3.05) is 9.80 Å². The van der Waals surface area contributed by atoms with Crippen LogP contribution in [-0.2, 0) is 5.41 Å². The van der Waals surface area contributed by atoms with Crippen molar-refractivity contribution in [2.45, 2.75) is 5.41 Å². The molecule has 0 atom stereocenters. The van der Waals surface area contributed by atoms with Crippen LogP contribution in [0.5, 0.6) is 0 Å². The van der Waals surface area contributed by atoms with Crippen molar-refractivity contribution in [3.63, 3.8) is 0 Å². The molecule has 2 aliphatic rings. The summed E-state index contributed by atoms with van der Waals surface area (Å²) in [5.74, 6) is -0.561. The van der Waals surface area contributed by atoms with Crippen LogP contribution >= 0.6 is 0 Å². The summed E-state index contributed by atoms with van der Waals surface area (Å²) in [4.78, 5) is 4.53. The van der Waals surface area contributed by atoms with Gasteiger partial charge in [0.05, 0.1) is 16.8 Å². The van der Waals surface area contributed by atoms with E-state index < -0.39 is 5.41 Å². The van der Waals surface area contributed by atoms with Crippen molar-refractivity contribution >= 4 is 55.7 Å². The van der Waals surface area contributed by atoms with Gasteiger partial charge in [0.2, 0.25) is 0 Å². The molecule has 10 aromatic rings. The fraction of sp³-hybridized carbons (Fsp3) is 0.0175. The lowest BCUT2D eigenvalue weighted by Gasteiger charge is -2.34. The zero-order valence-corrected chi connectivity index (χ0v) is 32.9. The molecule has 2 nitrogen and oxygen atoms in total. The Morgan fingerprint density at radius 2 is 0.623 bits per heavy atom. The van der Waals surface area contributed by atoms with E-state index >= 15 is 0 Å². The second kappa shape index (κ2) is 13.6. The van der Waals surface area contributed by atoms with Crippen LogP contribution in [0.4, 0.5) is 42.9 Å². The molecule has 0 saturated heterocycles. The van der Waals surface area contributed by atoms with Crippen molar-refractivity contribution < 1.29 is 8.78 Å². The SMILES string of the molecule is Fc1ccc(N(c2ccccc2)c2cc3c(c4ccccc24)-c2c(cc(N(c4ccccc4)c4ccc(F)cc4)c4ccccc24)C32c3ccccc3-c3ccccc32)cc1. The summed E-state index contributed by atoms with van der Waals surface area (Å²) in [6, 6.07) is 74.3. The van der Waals surface area contributed by atoms with Crippen LogP contribution in [0.3, 0.4) is 0 Å². The Kier molecular flexibility index (Phi) is 7.85. The highest BCUT2D eigenvalue weighted by Crippen LogP contribution is 2.67. The van der Waals surface area contributed by atoms with Gasteiger partial charge >= 0.3 is 0 Å². The van der Waals surface area contributed by atoms with Gasteiger partial charge in [0.25, 0.3) is 0 Å². The van der Waals surface area contributed by atoms with E-state index in [0.29, 0.717) is 0 Å². The van der Waals surface area contributed by atoms with Gasteiger partial charge in [0.15, 0.2) is 0 Å². The van der Waals surface area contributed by atoms with E-state index in [2.05, 4.69) is 168 Å². The third-order valence-electron chi connectivity index (χ3n) is 12.7. The summed E-state index contributed by atoms with van der Waals surface area (Å²) >= 11 is 0. The van der Waals surface area contributed by atoms with Crippen molar-refractivity contribution in [2.24, 2.45) is 0 Å². The first-order valence-corrected chi connectivity index (χ1v) is 20.6. The van der Waals surface area contributed by atoms with Gasteiger partial charge in [-0.2, -0.15) is 0 Å². The molecular formula is C57H36F2N2. The Morgan fingerprint density at radius 1 is 0.295 bits per heavy atom. The van der Waals surface area contributed by atoms with Crippen LogP contribution in [0.1, 0.15) is 22.3 Å². The number of benzene rings is 10. The van der Waals surface area contributed by atoms with Gasteiger partial charge in [-0.1, -0.05) is 133 Å². The lowest BCUT2D eigenvalue weighted by atomic mass is 9.70. The van der Waals surface area contributed by atoms with Crippen molar-refractivity contribution in [1.82, 2.24) is 0 Å². The Labute approximate surface area is 352 Å². The van der Waals surface area contributed by atoms with E-state index in [1.807, 2.05) is 36.4 Å². The van der Waals surface area contributed by atoms with Gasteiger partial charge in [-0.05, 0) is 140 Å². The maximum Gasteiger partial charge on any atom is 0.123 e. The minimum atomic E-state index is -0.730. The second-order valence-electron chi connectivity index (χ2n) is 15.9. The summed E-state index contributed by atoms with van der Waals surface area (Å²) in [5, 5.41) is 4.44. The van der Waals surface area contributed by atoms with Crippen LogP contribution in [0.15, 0.2) is 218 Å². The first-order chi connectivity index (χ1) is 30.1. The smallest absolute Gasteiger partial charge is 0.123 e. The Balaban J connectivity index is 1.26. The van der Waals surface area contributed by atoms with E-state index in [9.17, 15) is 8.78 Å². The maximum absolute atomic E-state index is 14.6. The van der Waals surface area contributed by atoms with Crippen LogP contribution in [0.25, 0.3) is 43.8 Å². The lowest BCUT2D eigenvalue weighted by molar-refractivity contribution is 0.627. The second-order valence-corrected chi connectivity index (χ2v) is 15.9. The number of hydrogen-bond acceptors (Lipinski definition) is 2. The fourth-order valence-corrected chi connectivity index (χ4v) is 10.4. The minimum absolute atomic E-state index is 0.281. The van der Waals surface area contributed by atoms with Gasteiger partial charge in [0.1, 0.15) is 11.6 Å². The fourth-order valence-electron chi connectivity index (χ4n) is 10.4. The zero-order valence-electron chi connectivity index (χ0n) is 32.9. The molecule has 1 spiro atoms. The van der Waals surface area contributed by atoms with Crippen LogP contribution in [0, 0.1) is 11.6 Å². The highest BCUT2D eigenvalue weighted by molar-refractivity contribution is 6.19. The van der Waals surface area contributed by atoms with Gasteiger partial charge in [0, 0.05) is 33.5 Å². The zero-order chi connectivity index (χ0) is 40.7. The first-order valence-electron chi connectivity index (χ1n) is 20.6. The predicted molar refractivity (Wildman–Crippen MR) is 247 cm³/mol. The molecule has 0 N–H and O–H groups in total. The highest BCUT2D eigenvalue weighted by Gasteiger charge is 2.53. The number of nitrogens with zero attached hydrogens (tertiary/aromatic N) is 2. The van der Waals surface area contributed by atoms with Gasteiger partial charge in [-0.25, -0.2) is 8.78 Å². The summed E-state index contributed by atoms with van der Waals surface area (Å²) in [5.41, 5.74) is 14.6. The number of rotatable bonds is 6. The van der Waals surface area contributed by atoms with Crippen molar-refractivity contribution in [3.05, 3.63) is 252 Å². The predicted octanol–water partition coefficient (Wildman–Crippen LogP) is 15.6. The number of para-hydroxylation sites is 2. The normalized spacial score (nSPS) is 12.9. The standard InChI is InChI=1S/C57H36F2N2/c58-37-27-31-41(32-28-37)60(39-15-3-1-4-16-39)53-35-51-55(47-23-9-7-21-45(47)53)56-48-24-10-8-22-46(48)54(61(40-17-5-2-6-18-40)42-33-29-38(59)30-34-42)36-52(56)57(51)49-25-13-11-19-43(49)44-20-12-14-26-50(44)57/h1-36H. The lowest BCUT2D eigenvalue weighted by Crippen LogP contribution is -2.26. The van der Waals surface area contributed by atoms with Gasteiger partial charge < -0.3 is 9.80 Å².